The van der Waals surface area contributed by atoms with E-state index < -0.39 is 0 Å². The van der Waals surface area contributed by atoms with E-state index in [2.05, 4.69) is 10.3 Å². The molecule has 0 saturated carbocycles. The van der Waals surface area contributed by atoms with Gasteiger partial charge in [-0.15, -0.1) is 12.4 Å². The summed E-state index contributed by atoms with van der Waals surface area (Å²) in [7, 11) is 0. The molecule has 1 heterocycles. The van der Waals surface area contributed by atoms with Crippen LogP contribution in [0.1, 0.15) is 22.6 Å². The maximum atomic E-state index is 12.9. The zero-order valence-electron chi connectivity index (χ0n) is 14.0. The molecule has 0 aliphatic carbocycles. The molecule has 1 amide bonds. The van der Waals surface area contributed by atoms with Crippen molar-refractivity contribution in [1.29, 1.82) is 5.26 Å². The van der Waals surface area contributed by atoms with Gasteiger partial charge in [-0.25, -0.2) is 4.98 Å². The quantitative estimate of drug-likeness (QED) is 0.733. The third-order valence-electron chi connectivity index (χ3n) is 3.94. The van der Waals surface area contributed by atoms with Crippen molar-refractivity contribution < 1.29 is 4.79 Å². The first-order chi connectivity index (χ1) is 12.3. The fraction of sp³-hybridized carbons (Fsp3) is 0.0952. The minimum Gasteiger partial charge on any atom is -0.310 e. The van der Waals surface area contributed by atoms with Gasteiger partial charge in [0.2, 0.25) is 5.91 Å². The number of hydrogen-bond donors (Lipinski definition) is 1. The largest absolute Gasteiger partial charge is 0.310 e. The highest BCUT2D eigenvalue weighted by molar-refractivity contribution is 5.95. The molecule has 2 aromatic carbocycles. The number of carbonyl (C=O) groups excluding carboxylic acids is 1. The van der Waals surface area contributed by atoms with Crippen molar-refractivity contribution in [2.24, 2.45) is 0 Å². The number of benzene rings is 2. The van der Waals surface area contributed by atoms with Crippen LogP contribution < -0.4 is 5.32 Å². The molecule has 0 radical (unpaired) electrons. The van der Waals surface area contributed by atoms with Crippen molar-refractivity contribution in [3.63, 3.8) is 0 Å². The Morgan fingerprint density at radius 1 is 1.00 bits per heavy atom. The molecular weight excluding hydrogens is 346 g/mol. The van der Waals surface area contributed by atoms with Crippen LogP contribution in [0.5, 0.6) is 0 Å². The van der Waals surface area contributed by atoms with Gasteiger partial charge in [0.15, 0.2) is 0 Å². The van der Waals surface area contributed by atoms with Crippen LogP contribution in [0.2, 0.25) is 0 Å². The average Bonchev–Trinajstić information content (AvgIpc) is 2.68. The highest BCUT2D eigenvalue weighted by atomic mass is 35.5. The lowest BCUT2D eigenvalue weighted by molar-refractivity contribution is -0.117. The summed E-state index contributed by atoms with van der Waals surface area (Å²) in [5.41, 5.74) is 2.51. The number of rotatable bonds is 5. The topological polar surface area (TPSA) is 65.8 Å². The van der Waals surface area contributed by atoms with Crippen LogP contribution in [-0.2, 0) is 11.2 Å². The second-order valence-corrected chi connectivity index (χ2v) is 5.69. The Labute approximate surface area is 158 Å². The van der Waals surface area contributed by atoms with Crippen molar-refractivity contribution >= 4 is 24.1 Å². The first-order valence-corrected chi connectivity index (χ1v) is 8.02. The summed E-state index contributed by atoms with van der Waals surface area (Å²) in [6.07, 6.45) is 2.05. The third-order valence-corrected chi connectivity index (χ3v) is 3.94. The Morgan fingerprint density at radius 2 is 1.65 bits per heavy atom. The Balaban J connectivity index is 0.00000243. The number of nitrogens with one attached hydrogen (secondary N) is 1. The summed E-state index contributed by atoms with van der Waals surface area (Å²) in [5, 5.41) is 11.7. The van der Waals surface area contributed by atoms with Crippen molar-refractivity contribution in [2.75, 3.05) is 5.32 Å². The van der Waals surface area contributed by atoms with E-state index in [1.807, 2.05) is 66.7 Å². The summed E-state index contributed by atoms with van der Waals surface area (Å²) >= 11 is 0. The van der Waals surface area contributed by atoms with E-state index in [4.69, 9.17) is 5.26 Å². The first-order valence-electron chi connectivity index (χ1n) is 8.02. The van der Waals surface area contributed by atoms with E-state index in [-0.39, 0.29) is 24.2 Å². The molecule has 0 saturated heterocycles. The molecule has 0 aliphatic heterocycles. The second-order valence-electron chi connectivity index (χ2n) is 5.69. The third kappa shape index (κ3) is 4.92. The maximum Gasteiger partial charge on any atom is 0.233 e. The molecule has 4 nitrogen and oxygen atoms in total. The van der Waals surface area contributed by atoms with E-state index in [9.17, 15) is 4.79 Å². The number of hydrogen-bond acceptors (Lipinski definition) is 3. The van der Waals surface area contributed by atoms with Crippen LogP contribution in [0.4, 0.5) is 5.82 Å². The van der Waals surface area contributed by atoms with Gasteiger partial charge in [-0.3, -0.25) is 4.79 Å². The number of amides is 1. The van der Waals surface area contributed by atoms with Gasteiger partial charge in [0.1, 0.15) is 11.9 Å². The monoisotopic (exact) mass is 363 g/mol. The molecule has 1 aromatic heterocycles. The van der Waals surface area contributed by atoms with Crippen LogP contribution >= 0.6 is 12.4 Å². The molecule has 26 heavy (non-hydrogen) atoms. The Kier molecular flexibility index (Phi) is 6.90. The molecule has 1 unspecified atom stereocenters. The van der Waals surface area contributed by atoms with E-state index in [1.54, 1.807) is 12.1 Å². The van der Waals surface area contributed by atoms with Crippen LogP contribution in [0.25, 0.3) is 0 Å². The molecule has 130 valence electrons. The van der Waals surface area contributed by atoms with Gasteiger partial charge >= 0.3 is 0 Å². The lowest BCUT2D eigenvalue weighted by Crippen LogP contribution is -2.23. The molecule has 1 atom stereocenters. The number of halogens is 1. The minimum atomic E-state index is -0.318. The molecule has 0 fully saturated rings. The van der Waals surface area contributed by atoms with Crippen molar-refractivity contribution in [3.05, 3.63) is 95.7 Å². The van der Waals surface area contributed by atoms with Gasteiger partial charge in [-0.1, -0.05) is 60.7 Å². The van der Waals surface area contributed by atoms with E-state index >= 15 is 0 Å². The molecule has 0 aliphatic rings. The van der Waals surface area contributed by atoms with Crippen molar-refractivity contribution in [3.8, 4) is 6.07 Å². The Bertz CT molecular complexity index is 875. The van der Waals surface area contributed by atoms with Gasteiger partial charge in [0, 0.05) is 6.20 Å². The van der Waals surface area contributed by atoms with Crippen LogP contribution in [0.15, 0.2) is 79.0 Å². The molecule has 5 heteroatoms. The minimum absolute atomic E-state index is 0. The summed E-state index contributed by atoms with van der Waals surface area (Å²) in [6.45, 7) is 0. The molecule has 1 N–H and O–H groups in total. The smallest absolute Gasteiger partial charge is 0.233 e. The number of nitriles is 1. The van der Waals surface area contributed by atoms with Gasteiger partial charge in [-0.05, 0) is 29.7 Å². The lowest BCUT2D eigenvalue weighted by atomic mass is 9.91. The van der Waals surface area contributed by atoms with Gasteiger partial charge in [0.25, 0.3) is 0 Å². The zero-order chi connectivity index (χ0) is 17.5. The maximum absolute atomic E-state index is 12.9. The fourth-order valence-electron chi connectivity index (χ4n) is 2.64. The fourth-order valence-corrected chi connectivity index (χ4v) is 2.64. The molecule has 0 spiro atoms. The standard InChI is InChI=1S/C21H17N3O.ClH/c22-14-17-11-12-20(23-15-17)24-21(25)19(18-9-5-2-6-10-18)13-16-7-3-1-4-8-16;/h1-12,15,19H,13H2,(H,23,24,25);1H. The van der Waals surface area contributed by atoms with Crippen LogP contribution in [0.3, 0.4) is 0 Å². The van der Waals surface area contributed by atoms with Crippen LogP contribution in [0, 0.1) is 11.3 Å². The molecule has 0 bridgehead atoms. The predicted molar refractivity (Wildman–Crippen MR) is 104 cm³/mol. The highest BCUT2D eigenvalue weighted by Crippen LogP contribution is 2.22. The summed E-state index contributed by atoms with van der Waals surface area (Å²) in [5.74, 6) is 0.00583. The summed E-state index contributed by atoms with van der Waals surface area (Å²) in [6, 6.07) is 24.9. The van der Waals surface area contributed by atoms with Crippen molar-refractivity contribution in [1.82, 2.24) is 4.98 Å². The molecule has 3 aromatic rings. The normalized spacial score (nSPS) is 10.9. The van der Waals surface area contributed by atoms with Crippen LogP contribution in [-0.4, -0.2) is 10.9 Å². The Morgan fingerprint density at radius 3 is 2.23 bits per heavy atom. The average molecular weight is 364 g/mol. The van der Waals surface area contributed by atoms with Gasteiger partial charge in [0.05, 0.1) is 11.5 Å². The van der Waals surface area contributed by atoms with E-state index in [0.717, 1.165) is 11.1 Å². The number of anilines is 1. The SMILES string of the molecule is Cl.N#Cc1ccc(NC(=O)C(Cc2ccccc2)c2ccccc2)nc1. The number of aromatic nitrogens is 1. The lowest BCUT2D eigenvalue weighted by Gasteiger charge is -2.17. The zero-order valence-corrected chi connectivity index (χ0v) is 14.8. The van der Waals surface area contributed by atoms with E-state index in [0.29, 0.717) is 17.8 Å². The number of nitrogens with zero attached hydrogens (tertiary/aromatic N) is 2. The first kappa shape index (κ1) is 19.2. The predicted octanol–water partition coefficient (Wildman–Crippen LogP) is 4.34. The number of pyridine rings is 1. The number of carbonyl (C=O) groups is 1. The van der Waals surface area contributed by atoms with Gasteiger partial charge < -0.3 is 5.32 Å². The van der Waals surface area contributed by atoms with Crippen molar-refractivity contribution in [2.45, 2.75) is 12.3 Å². The van der Waals surface area contributed by atoms with Gasteiger partial charge in [-0.2, -0.15) is 5.26 Å². The molecule has 3 rings (SSSR count). The second kappa shape index (κ2) is 9.36. The Hall–Kier alpha value is -3.16. The summed E-state index contributed by atoms with van der Waals surface area (Å²) < 4.78 is 0. The summed E-state index contributed by atoms with van der Waals surface area (Å²) in [4.78, 5) is 17.0. The molecular formula is C21H18ClN3O. The highest BCUT2D eigenvalue weighted by Gasteiger charge is 2.21. The van der Waals surface area contributed by atoms with E-state index in [1.165, 1.54) is 6.20 Å².